The topological polar surface area (TPSA) is 27.7 Å². The molecule has 0 fully saturated rings. The molecule has 0 unspecified atom stereocenters. The molecule has 0 rings (SSSR count). The van der Waals surface area contributed by atoms with Gasteiger partial charge in [0.25, 0.3) is 0 Å². The van der Waals surface area contributed by atoms with Gasteiger partial charge in [0.05, 0.1) is 0 Å². The number of allylic oxidation sites excluding steroid dienone is 1. The van der Waals surface area contributed by atoms with Crippen molar-refractivity contribution in [3.63, 3.8) is 0 Å². The Balaban J connectivity index is 4.45. The van der Waals surface area contributed by atoms with Crippen molar-refractivity contribution in [1.29, 1.82) is 0 Å². The van der Waals surface area contributed by atoms with Crippen LogP contribution in [0.5, 0.6) is 0 Å². The van der Waals surface area contributed by atoms with E-state index in [2.05, 4.69) is 15.9 Å². The first-order valence-corrected chi connectivity index (χ1v) is 7.82. The van der Waals surface area contributed by atoms with Crippen LogP contribution < -0.4 is 0 Å². The molecule has 0 aromatic rings. The van der Waals surface area contributed by atoms with E-state index < -0.39 is 8.80 Å². The lowest BCUT2D eigenvalue weighted by Gasteiger charge is -2.25. The highest BCUT2D eigenvalue weighted by molar-refractivity contribution is 9.09. The van der Waals surface area contributed by atoms with Gasteiger partial charge in [0.15, 0.2) is 0 Å². The largest absolute Gasteiger partial charge is 0.529 e. The summed E-state index contributed by atoms with van der Waals surface area (Å²) in [5, 5.41) is 0.787. The van der Waals surface area contributed by atoms with Crippen LogP contribution in [0.25, 0.3) is 0 Å². The van der Waals surface area contributed by atoms with Crippen LogP contribution in [0.1, 0.15) is 20.8 Å². The van der Waals surface area contributed by atoms with Crippen molar-refractivity contribution in [1.82, 2.24) is 0 Å². The molecule has 0 saturated carbocycles. The van der Waals surface area contributed by atoms with Gasteiger partial charge in [0.1, 0.15) is 0 Å². The Morgan fingerprint density at radius 1 is 1.00 bits per heavy atom. The normalized spacial score (nSPS) is 12.6. The van der Waals surface area contributed by atoms with Crippen molar-refractivity contribution >= 4 is 24.7 Å². The smallest absolute Gasteiger partial charge is 0.371 e. The van der Waals surface area contributed by atoms with Crippen LogP contribution in [0.4, 0.5) is 0 Å². The molecule has 0 aliphatic carbocycles. The Morgan fingerprint density at radius 3 is 1.71 bits per heavy atom. The summed E-state index contributed by atoms with van der Waals surface area (Å²) in [6.07, 6.45) is 1.97. The van der Waals surface area contributed by atoms with Crippen LogP contribution in [0, 0.1) is 0 Å². The fraction of sp³-hybridized carbons (Fsp3) is 0.778. The van der Waals surface area contributed by atoms with Crippen molar-refractivity contribution in [3.05, 3.63) is 11.8 Å². The van der Waals surface area contributed by atoms with Gasteiger partial charge in [-0.2, -0.15) is 0 Å². The van der Waals surface area contributed by atoms with E-state index >= 15 is 0 Å². The Morgan fingerprint density at radius 2 is 1.43 bits per heavy atom. The molecule has 84 valence electrons. The highest BCUT2D eigenvalue weighted by atomic mass is 79.9. The fourth-order valence-electron chi connectivity index (χ4n) is 1.06. The molecule has 0 heterocycles. The van der Waals surface area contributed by atoms with E-state index in [4.69, 9.17) is 13.3 Å². The average Bonchev–Trinajstić information content (AvgIpc) is 2.16. The molecule has 0 aromatic carbocycles. The lowest BCUT2D eigenvalue weighted by Crippen LogP contribution is -2.44. The zero-order valence-corrected chi connectivity index (χ0v) is 11.7. The second kappa shape index (κ2) is 8.61. The number of halogens is 1. The number of hydrogen-bond donors (Lipinski definition) is 0. The molecule has 5 heteroatoms. The first-order chi connectivity index (χ1) is 6.74. The highest BCUT2D eigenvalue weighted by Gasteiger charge is 2.37. The van der Waals surface area contributed by atoms with E-state index in [1.807, 2.05) is 32.5 Å². The van der Waals surface area contributed by atoms with Crippen molar-refractivity contribution in [2.75, 3.05) is 25.2 Å². The number of alkyl halides is 1. The molecule has 0 amide bonds. The second-order valence-corrected chi connectivity index (χ2v) is 5.51. The number of rotatable bonds is 8. The van der Waals surface area contributed by atoms with Gasteiger partial charge in [-0.15, -0.1) is 0 Å². The van der Waals surface area contributed by atoms with E-state index in [1.54, 1.807) is 0 Å². The van der Waals surface area contributed by atoms with Crippen LogP contribution in [-0.4, -0.2) is 34.0 Å². The van der Waals surface area contributed by atoms with Crippen molar-refractivity contribution in [2.24, 2.45) is 0 Å². The maximum atomic E-state index is 5.60. The molecule has 0 atom stereocenters. The van der Waals surface area contributed by atoms with E-state index in [0.29, 0.717) is 19.8 Å². The predicted molar refractivity (Wildman–Crippen MR) is 63.6 cm³/mol. The predicted octanol–water partition coefficient (Wildman–Crippen LogP) is 2.53. The molecule has 0 saturated heterocycles. The fourth-order valence-corrected chi connectivity index (χ4v) is 3.75. The summed E-state index contributed by atoms with van der Waals surface area (Å²) in [6, 6.07) is 0. The number of hydrogen-bond acceptors (Lipinski definition) is 3. The lowest BCUT2D eigenvalue weighted by atomic mass is 10.8. The molecule has 0 aromatic heterocycles. The van der Waals surface area contributed by atoms with Crippen molar-refractivity contribution in [3.8, 4) is 0 Å². The third-order valence-electron chi connectivity index (χ3n) is 1.45. The Bertz CT molecular complexity index is 147. The van der Waals surface area contributed by atoms with Gasteiger partial charge in [0.2, 0.25) is 0 Å². The second-order valence-electron chi connectivity index (χ2n) is 2.46. The Labute approximate surface area is 95.9 Å². The third kappa shape index (κ3) is 5.26. The van der Waals surface area contributed by atoms with E-state index in [1.165, 1.54) is 0 Å². The molecular formula is C9H19BrO3Si. The average molecular weight is 283 g/mol. The first-order valence-electron chi connectivity index (χ1n) is 4.90. The van der Waals surface area contributed by atoms with Crippen LogP contribution >= 0.6 is 15.9 Å². The molecule has 0 aliphatic rings. The van der Waals surface area contributed by atoms with E-state index in [0.717, 1.165) is 5.33 Å². The SMILES string of the molecule is CCO[Si](/C=C/CBr)(OCC)OCC. The van der Waals surface area contributed by atoms with Gasteiger partial charge in [-0.25, -0.2) is 0 Å². The molecule has 0 radical (unpaired) electrons. The summed E-state index contributed by atoms with van der Waals surface area (Å²) in [4.78, 5) is 0. The summed E-state index contributed by atoms with van der Waals surface area (Å²) in [7, 11) is -2.53. The highest BCUT2D eigenvalue weighted by Crippen LogP contribution is 2.12. The summed E-state index contributed by atoms with van der Waals surface area (Å²) in [5.74, 6) is 0. The van der Waals surface area contributed by atoms with Gasteiger partial charge in [0, 0.05) is 25.2 Å². The van der Waals surface area contributed by atoms with Crippen LogP contribution in [0.3, 0.4) is 0 Å². The van der Waals surface area contributed by atoms with Gasteiger partial charge in [-0.3, -0.25) is 0 Å². The zero-order valence-electron chi connectivity index (χ0n) is 9.09. The molecule has 0 N–H and O–H groups in total. The van der Waals surface area contributed by atoms with E-state index in [-0.39, 0.29) is 0 Å². The summed E-state index contributed by atoms with van der Waals surface area (Å²) >= 11 is 3.32. The minimum atomic E-state index is -2.53. The van der Waals surface area contributed by atoms with Gasteiger partial charge in [-0.1, -0.05) is 22.0 Å². The van der Waals surface area contributed by atoms with E-state index in [9.17, 15) is 0 Å². The quantitative estimate of drug-likeness (QED) is 0.506. The van der Waals surface area contributed by atoms with Crippen LogP contribution in [0.15, 0.2) is 11.8 Å². The van der Waals surface area contributed by atoms with Gasteiger partial charge in [-0.05, 0) is 26.5 Å². The zero-order chi connectivity index (χ0) is 10.9. The van der Waals surface area contributed by atoms with Crippen molar-refractivity contribution < 1.29 is 13.3 Å². The van der Waals surface area contributed by atoms with Gasteiger partial charge >= 0.3 is 8.80 Å². The maximum absolute atomic E-state index is 5.60. The summed E-state index contributed by atoms with van der Waals surface area (Å²) < 4.78 is 16.8. The Hall–Kier alpha value is 0.317. The Kier molecular flexibility index (Phi) is 8.81. The van der Waals surface area contributed by atoms with Crippen LogP contribution in [0.2, 0.25) is 0 Å². The summed E-state index contributed by atoms with van der Waals surface area (Å²) in [5.41, 5.74) is 1.93. The molecule has 3 nitrogen and oxygen atoms in total. The minimum Gasteiger partial charge on any atom is -0.371 e. The lowest BCUT2D eigenvalue weighted by molar-refractivity contribution is 0.0842. The maximum Gasteiger partial charge on any atom is 0.529 e. The molecule has 0 aliphatic heterocycles. The van der Waals surface area contributed by atoms with Gasteiger partial charge < -0.3 is 13.3 Å². The first kappa shape index (κ1) is 14.3. The summed E-state index contributed by atoms with van der Waals surface area (Å²) in [6.45, 7) is 7.67. The minimum absolute atomic E-state index is 0.610. The van der Waals surface area contributed by atoms with Crippen molar-refractivity contribution in [2.45, 2.75) is 20.8 Å². The third-order valence-corrected chi connectivity index (χ3v) is 4.54. The van der Waals surface area contributed by atoms with Crippen LogP contribution in [-0.2, 0) is 13.3 Å². The molecule has 0 bridgehead atoms. The molecule has 0 spiro atoms. The monoisotopic (exact) mass is 282 g/mol. The molecule has 14 heavy (non-hydrogen) atoms. The molecular weight excluding hydrogens is 264 g/mol. The standard InChI is InChI=1S/C9H19BrO3Si/c1-4-11-14(12-5-2,13-6-3)9-7-8-10/h7,9H,4-6,8H2,1-3H3/b9-7+.